The molecule has 0 aromatic heterocycles. The van der Waals surface area contributed by atoms with Gasteiger partial charge >= 0.3 is 0 Å². The number of rotatable bonds is 0. The molecule has 0 aromatic rings. The molecule has 0 unspecified atom stereocenters. The summed E-state index contributed by atoms with van der Waals surface area (Å²) in [6.07, 6.45) is 15.7. The fourth-order valence-electron chi connectivity index (χ4n) is 7.53. The zero-order valence-corrected chi connectivity index (χ0v) is 13.9. The van der Waals surface area contributed by atoms with E-state index < -0.39 is 0 Å². The van der Waals surface area contributed by atoms with Crippen LogP contribution in [0.1, 0.15) is 72.6 Å². The lowest BCUT2D eigenvalue weighted by Crippen LogP contribution is -2.54. The van der Waals surface area contributed by atoms with Gasteiger partial charge < -0.3 is 0 Å². The van der Waals surface area contributed by atoms with Gasteiger partial charge in [-0.05, 0) is 84.9 Å². The van der Waals surface area contributed by atoms with Gasteiger partial charge in [-0.15, -0.1) is 0 Å². The van der Waals surface area contributed by atoms with Crippen LogP contribution < -0.4 is 0 Å². The summed E-state index contributed by atoms with van der Waals surface area (Å²) >= 11 is 0. The molecule has 4 aliphatic carbocycles. The minimum Gasteiger partial charge on any atom is -0.0874 e. The van der Waals surface area contributed by atoms with Crippen molar-refractivity contribution < 1.29 is 0 Å². The standard InChI is InChI=1S/C20H32/c1-14-12-20-11-8-16-18(2,3)9-5-10-19(16,4)17(20)7-6-15(14)13-20/h5,10,14-17H,6-9,11-13H2,1-4H3/t14-,15+,16+,17-,19+,20+/m0/s1. The van der Waals surface area contributed by atoms with Crippen molar-refractivity contribution in [3.63, 3.8) is 0 Å². The van der Waals surface area contributed by atoms with Crippen molar-refractivity contribution in [3.05, 3.63) is 12.2 Å². The normalized spacial score (nSPS) is 56.2. The second-order valence-electron chi connectivity index (χ2n) is 9.69. The molecule has 0 aromatic carbocycles. The Balaban J connectivity index is 1.76. The van der Waals surface area contributed by atoms with Crippen molar-refractivity contribution in [2.75, 3.05) is 0 Å². The van der Waals surface area contributed by atoms with E-state index in [4.69, 9.17) is 0 Å². The summed E-state index contributed by atoms with van der Waals surface area (Å²) < 4.78 is 0. The molecule has 112 valence electrons. The van der Waals surface area contributed by atoms with Crippen molar-refractivity contribution in [2.24, 2.45) is 39.9 Å². The predicted molar refractivity (Wildman–Crippen MR) is 85.4 cm³/mol. The third kappa shape index (κ3) is 1.54. The van der Waals surface area contributed by atoms with Gasteiger partial charge in [-0.1, -0.05) is 39.8 Å². The summed E-state index contributed by atoms with van der Waals surface area (Å²) in [5.41, 5.74) is 1.74. The third-order valence-electron chi connectivity index (χ3n) is 8.26. The Kier molecular flexibility index (Phi) is 2.63. The highest BCUT2D eigenvalue weighted by Crippen LogP contribution is 2.71. The molecule has 0 heterocycles. The molecular formula is C20H32. The Morgan fingerprint density at radius 3 is 2.55 bits per heavy atom. The lowest BCUT2D eigenvalue weighted by atomic mass is 9.43. The minimum atomic E-state index is 0.495. The Hall–Kier alpha value is -0.260. The van der Waals surface area contributed by atoms with Crippen molar-refractivity contribution in [1.82, 2.24) is 0 Å². The third-order valence-corrected chi connectivity index (χ3v) is 8.26. The largest absolute Gasteiger partial charge is 0.0874 e. The van der Waals surface area contributed by atoms with Gasteiger partial charge in [0.05, 0.1) is 0 Å². The summed E-state index contributed by atoms with van der Waals surface area (Å²) in [4.78, 5) is 0. The van der Waals surface area contributed by atoms with Gasteiger partial charge in [0.1, 0.15) is 0 Å². The molecule has 20 heavy (non-hydrogen) atoms. The Bertz CT molecular complexity index is 441. The number of allylic oxidation sites excluding steroid dienone is 2. The first-order valence-corrected chi connectivity index (χ1v) is 9.05. The Morgan fingerprint density at radius 2 is 1.75 bits per heavy atom. The van der Waals surface area contributed by atoms with E-state index in [0.717, 1.165) is 29.1 Å². The highest BCUT2D eigenvalue weighted by atomic mass is 14.7. The van der Waals surface area contributed by atoms with Crippen LogP contribution in [-0.4, -0.2) is 0 Å². The van der Waals surface area contributed by atoms with Gasteiger partial charge in [0.2, 0.25) is 0 Å². The monoisotopic (exact) mass is 272 g/mol. The predicted octanol–water partition coefficient (Wildman–Crippen LogP) is 5.83. The van der Waals surface area contributed by atoms with Crippen LogP contribution in [0.5, 0.6) is 0 Å². The highest BCUT2D eigenvalue weighted by molar-refractivity contribution is 5.20. The molecule has 0 heteroatoms. The molecule has 0 radical (unpaired) electrons. The zero-order valence-electron chi connectivity index (χ0n) is 13.9. The van der Waals surface area contributed by atoms with Crippen LogP contribution in [0.25, 0.3) is 0 Å². The van der Waals surface area contributed by atoms with Crippen LogP contribution in [0.15, 0.2) is 12.2 Å². The topological polar surface area (TPSA) is 0 Å². The van der Waals surface area contributed by atoms with E-state index in [2.05, 4.69) is 39.8 Å². The van der Waals surface area contributed by atoms with Gasteiger partial charge in [-0.25, -0.2) is 0 Å². The first-order chi connectivity index (χ1) is 9.37. The van der Waals surface area contributed by atoms with Crippen LogP contribution in [0, 0.1) is 39.9 Å². The summed E-state index contributed by atoms with van der Waals surface area (Å²) in [6, 6.07) is 0. The SMILES string of the molecule is C[C@H]1C[C@@]23CC[C@@H]4C(C)(C)CC=C[C@@]4(C)[C@@H]2CC[C@@H]1C3. The maximum absolute atomic E-state index is 2.66. The average Bonchev–Trinajstić information content (AvgIpc) is 2.58. The summed E-state index contributed by atoms with van der Waals surface area (Å²) in [7, 11) is 0. The molecule has 1 spiro atoms. The second kappa shape index (κ2) is 3.93. The van der Waals surface area contributed by atoms with Crippen LogP contribution in [0.3, 0.4) is 0 Å². The van der Waals surface area contributed by atoms with Gasteiger partial charge in [-0.3, -0.25) is 0 Å². The molecule has 4 rings (SSSR count). The number of hydrogen-bond acceptors (Lipinski definition) is 0. The zero-order chi connectivity index (χ0) is 14.2. The van der Waals surface area contributed by atoms with Gasteiger partial charge in [0.25, 0.3) is 0 Å². The minimum absolute atomic E-state index is 0.495. The summed E-state index contributed by atoms with van der Waals surface area (Å²) in [6.45, 7) is 10.2. The van der Waals surface area contributed by atoms with Crippen LogP contribution in [-0.2, 0) is 0 Å². The maximum Gasteiger partial charge on any atom is -0.00796 e. The Labute approximate surface area is 125 Å². The molecule has 3 saturated carbocycles. The molecule has 2 bridgehead atoms. The van der Waals surface area contributed by atoms with E-state index in [-0.39, 0.29) is 0 Å². The molecule has 0 amide bonds. The van der Waals surface area contributed by atoms with E-state index >= 15 is 0 Å². The molecule has 6 atom stereocenters. The van der Waals surface area contributed by atoms with Crippen LogP contribution >= 0.6 is 0 Å². The van der Waals surface area contributed by atoms with Crippen LogP contribution in [0.2, 0.25) is 0 Å². The molecule has 0 N–H and O–H groups in total. The van der Waals surface area contributed by atoms with E-state index in [1.165, 1.54) is 32.1 Å². The van der Waals surface area contributed by atoms with Gasteiger partial charge in [-0.2, -0.15) is 0 Å². The van der Waals surface area contributed by atoms with E-state index in [1.807, 2.05) is 0 Å². The summed E-state index contributed by atoms with van der Waals surface area (Å²) in [5.74, 6) is 3.96. The van der Waals surface area contributed by atoms with E-state index in [0.29, 0.717) is 10.8 Å². The van der Waals surface area contributed by atoms with Crippen LogP contribution in [0.4, 0.5) is 0 Å². The molecule has 3 fully saturated rings. The second-order valence-corrected chi connectivity index (χ2v) is 9.69. The van der Waals surface area contributed by atoms with Crippen molar-refractivity contribution in [2.45, 2.75) is 72.6 Å². The fraction of sp³-hybridized carbons (Fsp3) is 0.900. The fourth-order valence-corrected chi connectivity index (χ4v) is 7.53. The van der Waals surface area contributed by atoms with Gasteiger partial charge in [0, 0.05) is 0 Å². The number of fused-ring (bicyclic) bond motifs is 3. The van der Waals surface area contributed by atoms with Crippen molar-refractivity contribution >= 4 is 0 Å². The first kappa shape index (κ1) is 13.4. The maximum atomic E-state index is 2.66. The van der Waals surface area contributed by atoms with Gasteiger partial charge in [0.15, 0.2) is 0 Å². The smallest absolute Gasteiger partial charge is 0.00796 e. The van der Waals surface area contributed by atoms with Crippen molar-refractivity contribution in [3.8, 4) is 0 Å². The summed E-state index contributed by atoms with van der Waals surface area (Å²) in [5, 5.41) is 0. The highest BCUT2D eigenvalue weighted by Gasteiger charge is 2.62. The molecule has 4 aliphatic rings. The van der Waals surface area contributed by atoms with E-state index in [9.17, 15) is 0 Å². The Morgan fingerprint density at radius 1 is 0.950 bits per heavy atom. The lowest BCUT2D eigenvalue weighted by molar-refractivity contribution is -0.0980. The molecule has 0 aliphatic heterocycles. The molecule has 0 saturated heterocycles. The van der Waals surface area contributed by atoms with Crippen molar-refractivity contribution in [1.29, 1.82) is 0 Å². The first-order valence-electron chi connectivity index (χ1n) is 9.05. The number of hydrogen-bond donors (Lipinski definition) is 0. The average molecular weight is 272 g/mol. The lowest BCUT2D eigenvalue weighted by Gasteiger charge is -2.62. The quantitative estimate of drug-likeness (QED) is 0.487. The molecular weight excluding hydrogens is 240 g/mol. The molecule has 0 nitrogen and oxygen atoms in total. The van der Waals surface area contributed by atoms with E-state index in [1.54, 1.807) is 12.8 Å².